The molecular weight excluding hydrogens is 420 g/mol. The summed E-state index contributed by atoms with van der Waals surface area (Å²) in [5, 5.41) is 14.5. The number of aliphatic carboxylic acids is 1. The number of rotatable bonds is 10. The fourth-order valence-electron chi connectivity index (χ4n) is 4.24. The van der Waals surface area contributed by atoms with Crippen molar-refractivity contribution in [2.24, 2.45) is 11.8 Å². The zero-order valence-corrected chi connectivity index (χ0v) is 19.3. The smallest absolute Gasteiger partial charge is 0.407 e. The van der Waals surface area contributed by atoms with Crippen LogP contribution in [0.1, 0.15) is 50.7 Å². The van der Waals surface area contributed by atoms with Gasteiger partial charge in [0.2, 0.25) is 5.91 Å². The van der Waals surface area contributed by atoms with Crippen LogP contribution in [0.4, 0.5) is 4.79 Å². The van der Waals surface area contributed by atoms with Crippen LogP contribution in [-0.2, 0) is 14.3 Å². The highest BCUT2D eigenvalue weighted by Crippen LogP contribution is 2.44. The average Bonchev–Trinajstić information content (AvgIpc) is 3.09. The summed E-state index contributed by atoms with van der Waals surface area (Å²) in [7, 11) is 0. The van der Waals surface area contributed by atoms with Crippen LogP contribution < -0.4 is 10.6 Å². The molecule has 0 aromatic heterocycles. The van der Waals surface area contributed by atoms with Crippen molar-refractivity contribution >= 4 is 18.0 Å². The number of hydrogen-bond donors (Lipinski definition) is 3. The highest BCUT2D eigenvalue weighted by molar-refractivity contribution is 5.83. The van der Waals surface area contributed by atoms with E-state index in [1.807, 2.05) is 45.0 Å². The Morgan fingerprint density at radius 1 is 0.970 bits per heavy atom. The molecule has 2 aromatic carbocycles. The number of nitrogens with one attached hydrogen (secondary N) is 2. The number of benzene rings is 2. The minimum atomic E-state index is -1.04. The molecule has 0 aliphatic heterocycles. The quantitative estimate of drug-likeness (QED) is 0.502. The van der Waals surface area contributed by atoms with Gasteiger partial charge in [-0.05, 0) is 40.5 Å². The molecule has 0 heterocycles. The minimum Gasteiger partial charge on any atom is -0.480 e. The minimum absolute atomic E-state index is 0.0136. The lowest BCUT2D eigenvalue weighted by Crippen LogP contribution is -2.42. The number of ether oxygens (including phenoxy) is 1. The zero-order chi connectivity index (χ0) is 24.0. The van der Waals surface area contributed by atoms with Crippen molar-refractivity contribution in [2.45, 2.75) is 45.6 Å². The first kappa shape index (κ1) is 24.3. The highest BCUT2D eigenvalue weighted by atomic mass is 16.5. The SMILES string of the molecule is CC(C)C[C@@H](NC(=O)CC(C)CNC(=O)OCC1c2ccccc2-c2ccccc21)C(=O)O. The summed E-state index contributed by atoms with van der Waals surface area (Å²) in [6.07, 6.45) is -0.0498. The van der Waals surface area contributed by atoms with Gasteiger partial charge >= 0.3 is 12.1 Å². The molecule has 0 radical (unpaired) electrons. The number of carbonyl (C=O) groups excluding carboxylic acids is 2. The second-order valence-corrected chi connectivity index (χ2v) is 9.10. The van der Waals surface area contributed by atoms with Gasteiger partial charge in [-0.3, -0.25) is 4.79 Å². The lowest BCUT2D eigenvalue weighted by molar-refractivity contribution is -0.142. The maximum Gasteiger partial charge on any atom is 0.407 e. The van der Waals surface area contributed by atoms with Crippen LogP contribution in [0.25, 0.3) is 11.1 Å². The Hall–Kier alpha value is -3.35. The van der Waals surface area contributed by atoms with E-state index >= 15 is 0 Å². The van der Waals surface area contributed by atoms with Crippen molar-refractivity contribution in [1.82, 2.24) is 10.6 Å². The van der Waals surface area contributed by atoms with E-state index in [0.29, 0.717) is 6.42 Å². The number of amides is 2. The van der Waals surface area contributed by atoms with Crippen molar-refractivity contribution in [1.29, 1.82) is 0 Å². The molecule has 2 amide bonds. The first-order valence-corrected chi connectivity index (χ1v) is 11.4. The van der Waals surface area contributed by atoms with Gasteiger partial charge in [0, 0.05) is 18.9 Å². The van der Waals surface area contributed by atoms with Gasteiger partial charge in [-0.1, -0.05) is 69.3 Å². The third-order valence-corrected chi connectivity index (χ3v) is 5.81. The summed E-state index contributed by atoms with van der Waals surface area (Å²) in [6.45, 7) is 6.11. The molecule has 1 aliphatic carbocycles. The van der Waals surface area contributed by atoms with Gasteiger partial charge in [0.05, 0.1) is 0 Å². The Labute approximate surface area is 194 Å². The Morgan fingerprint density at radius 3 is 2.09 bits per heavy atom. The van der Waals surface area contributed by atoms with E-state index in [4.69, 9.17) is 4.74 Å². The molecule has 0 saturated heterocycles. The number of carbonyl (C=O) groups is 3. The third-order valence-electron chi connectivity index (χ3n) is 5.81. The molecule has 0 fully saturated rings. The summed E-state index contributed by atoms with van der Waals surface area (Å²) < 4.78 is 5.51. The van der Waals surface area contributed by atoms with Crippen molar-refractivity contribution in [2.75, 3.05) is 13.2 Å². The van der Waals surface area contributed by atoms with E-state index in [1.165, 1.54) is 11.1 Å². The molecule has 33 heavy (non-hydrogen) atoms. The molecule has 7 nitrogen and oxygen atoms in total. The molecule has 0 spiro atoms. The molecule has 0 bridgehead atoms. The van der Waals surface area contributed by atoms with E-state index in [2.05, 4.69) is 34.9 Å². The monoisotopic (exact) mass is 452 g/mol. The fourth-order valence-corrected chi connectivity index (χ4v) is 4.24. The summed E-state index contributed by atoms with van der Waals surface area (Å²) in [5.41, 5.74) is 4.62. The van der Waals surface area contributed by atoms with E-state index in [0.717, 1.165) is 11.1 Å². The van der Waals surface area contributed by atoms with E-state index < -0.39 is 18.1 Å². The van der Waals surface area contributed by atoms with Gasteiger partial charge in [0.1, 0.15) is 12.6 Å². The predicted octanol–water partition coefficient (Wildman–Crippen LogP) is 4.17. The highest BCUT2D eigenvalue weighted by Gasteiger charge is 2.29. The van der Waals surface area contributed by atoms with Crippen LogP contribution >= 0.6 is 0 Å². The summed E-state index contributed by atoms with van der Waals surface area (Å²) >= 11 is 0. The maximum absolute atomic E-state index is 12.3. The van der Waals surface area contributed by atoms with Gasteiger partial charge in [-0.2, -0.15) is 0 Å². The van der Waals surface area contributed by atoms with E-state index in [9.17, 15) is 19.5 Å². The largest absolute Gasteiger partial charge is 0.480 e. The molecule has 1 aliphatic rings. The zero-order valence-electron chi connectivity index (χ0n) is 19.3. The number of alkyl carbamates (subject to hydrolysis) is 1. The fraction of sp³-hybridized carbons (Fsp3) is 0.423. The number of carboxylic acid groups (broad SMARTS) is 1. The van der Waals surface area contributed by atoms with Gasteiger partial charge in [-0.25, -0.2) is 9.59 Å². The van der Waals surface area contributed by atoms with E-state index in [-0.39, 0.29) is 43.2 Å². The molecule has 1 unspecified atom stereocenters. The Kier molecular flexibility index (Phi) is 8.09. The molecule has 3 N–H and O–H groups in total. The van der Waals surface area contributed by atoms with Crippen LogP contribution in [0, 0.1) is 11.8 Å². The van der Waals surface area contributed by atoms with Crippen LogP contribution in [0.5, 0.6) is 0 Å². The second-order valence-electron chi connectivity index (χ2n) is 9.10. The second kappa shape index (κ2) is 11.0. The van der Waals surface area contributed by atoms with E-state index in [1.54, 1.807) is 0 Å². The third kappa shape index (κ3) is 6.34. The van der Waals surface area contributed by atoms with Crippen LogP contribution in [0.2, 0.25) is 0 Å². The molecular formula is C26H32N2O5. The van der Waals surface area contributed by atoms with Crippen LogP contribution in [-0.4, -0.2) is 42.3 Å². The van der Waals surface area contributed by atoms with Crippen molar-refractivity contribution in [3.63, 3.8) is 0 Å². The summed E-state index contributed by atoms with van der Waals surface area (Å²) in [6, 6.07) is 15.4. The van der Waals surface area contributed by atoms with Gasteiger partial charge < -0.3 is 20.5 Å². The van der Waals surface area contributed by atoms with Gasteiger partial charge in [0.15, 0.2) is 0 Å². The van der Waals surface area contributed by atoms with Gasteiger partial charge in [0.25, 0.3) is 0 Å². The predicted molar refractivity (Wildman–Crippen MR) is 126 cm³/mol. The Morgan fingerprint density at radius 2 is 1.55 bits per heavy atom. The number of hydrogen-bond acceptors (Lipinski definition) is 4. The van der Waals surface area contributed by atoms with Crippen molar-refractivity contribution in [3.05, 3.63) is 59.7 Å². The lowest BCUT2D eigenvalue weighted by Gasteiger charge is -2.18. The maximum atomic E-state index is 12.3. The molecule has 7 heteroatoms. The van der Waals surface area contributed by atoms with Crippen LogP contribution in [0.15, 0.2) is 48.5 Å². The number of carboxylic acids is 1. The number of fused-ring (bicyclic) bond motifs is 3. The van der Waals surface area contributed by atoms with Crippen molar-refractivity contribution < 1.29 is 24.2 Å². The first-order valence-electron chi connectivity index (χ1n) is 11.4. The van der Waals surface area contributed by atoms with Crippen LogP contribution in [0.3, 0.4) is 0 Å². The molecule has 176 valence electrons. The summed E-state index contributed by atoms with van der Waals surface area (Å²) in [4.78, 5) is 35.8. The van der Waals surface area contributed by atoms with Crippen molar-refractivity contribution in [3.8, 4) is 11.1 Å². The Bertz CT molecular complexity index is 958. The average molecular weight is 453 g/mol. The molecule has 0 saturated carbocycles. The standard InChI is InChI=1S/C26H32N2O5/c1-16(2)12-23(25(30)31)28-24(29)13-17(3)14-27-26(32)33-15-22-20-10-6-4-8-18(20)19-9-5-7-11-21(19)22/h4-11,16-17,22-23H,12-15H2,1-3H3,(H,27,32)(H,28,29)(H,30,31)/t17?,23-/m1/s1. The molecule has 3 rings (SSSR count). The van der Waals surface area contributed by atoms with Gasteiger partial charge in [-0.15, -0.1) is 0 Å². The first-order chi connectivity index (χ1) is 15.8. The topological polar surface area (TPSA) is 105 Å². The molecule has 2 atom stereocenters. The summed E-state index contributed by atoms with van der Waals surface area (Å²) in [5.74, 6) is -1.41. The molecule has 2 aromatic rings. The lowest BCUT2D eigenvalue weighted by atomic mass is 9.98. The Balaban J connectivity index is 1.46. The normalized spacial score (nSPS) is 14.2.